The first-order valence-electron chi connectivity index (χ1n) is 6.30. The highest BCUT2D eigenvalue weighted by atomic mass is 32.1. The number of nitrogens with two attached hydrogens (primary N) is 1. The Bertz CT molecular complexity index is 359. The first-order valence-corrected chi connectivity index (χ1v) is 7.07. The maximum atomic E-state index is 5.73. The van der Waals surface area contributed by atoms with Gasteiger partial charge in [-0.15, -0.1) is 0 Å². The summed E-state index contributed by atoms with van der Waals surface area (Å²) in [5.41, 5.74) is 5.73. The van der Waals surface area contributed by atoms with Crippen LogP contribution in [0.4, 0.5) is 10.8 Å². The molecule has 0 radical (unpaired) electrons. The van der Waals surface area contributed by atoms with Crippen molar-refractivity contribution in [3.8, 4) is 5.75 Å². The molecule has 1 fully saturated rings. The number of aromatic nitrogens is 1. The van der Waals surface area contributed by atoms with Gasteiger partial charge in [-0.2, -0.15) is 4.37 Å². The Hall–Kier alpha value is -0.970. The monoisotopic (exact) mass is 255 g/mol. The molecule has 0 amide bonds. The van der Waals surface area contributed by atoms with Crippen molar-refractivity contribution in [3.63, 3.8) is 0 Å². The van der Waals surface area contributed by atoms with Gasteiger partial charge in [-0.3, -0.25) is 0 Å². The van der Waals surface area contributed by atoms with Crippen molar-refractivity contribution < 1.29 is 4.74 Å². The van der Waals surface area contributed by atoms with Gasteiger partial charge in [-0.05, 0) is 43.1 Å². The molecule has 0 spiro atoms. The molecule has 5 heteroatoms. The number of hydrogen-bond acceptors (Lipinski definition) is 5. The fourth-order valence-corrected chi connectivity index (χ4v) is 3.25. The third-order valence-corrected chi connectivity index (χ3v) is 4.41. The lowest BCUT2D eigenvalue weighted by Gasteiger charge is -2.28. The predicted octanol–water partition coefficient (Wildman–Crippen LogP) is 3.11. The molecule has 1 aliphatic carbocycles. The first kappa shape index (κ1) is 12.5. The van der Waals surface area contributed by atoms with Crippen LogP contribution in [0.25, 0.3) is 0 Å². The average Bonchev–Trinajstić information content (AvgIpc) is 2.71. The molecule has 1 heterocycles. The van der Waals surface area contributed by atoms with Crippen molar-refractivity contribution in [2.75, 3.05) is 18.2 Å². The van der Waals surface area contributed by atoms with E-state index >= 15 is 0 Å². The molecule has 0 atom stereocenters. The number of anilines is 2. The van der Waals surface area contributed by atoms with Crippen LogP contribution in [-0.4, -0.2) is 17.5 Å². The van der Waals surface area contributed by atoms with Gasteiger partial charge >= 0.3 is 0 Å². The van der Waals surface area contributed by atoms with Crippen molar-refractivity contribution in [2.24, 2.45) is 5.92 Å². The van der Waals surface area contributed by atoms with Gasteiger partial charge in [0.25, 0.3) is 0 Å². The fraction of sp³-hybridized carbons (Fsp3) is 0.750. The van der Waals surface area contributed by atoms with Crippen LogP contribution in [0.15, 0.2) is 0 Å². The molecule has 1 aliphatic rings. The Morgan fingerprint density at radius 1 is 1.41 bits per heavy atom. The van der Waals surface area contributed by atoms with Crippen molar-refractivity contribution in [1.29, 1.82) is 0 Å². The third kappa shape index (κ3) is 2.83. The molecular weight excluding hydrogens is 234 g/mol. The highest BCUT2D eigenvalue weighted by Crippen LogP contribution is 2.37. The van der Waals surface area contributed by atoms with Gasteiger partial charge in [0.15, 0.2) is 16.6 Å². The second kappa shape index (κ2) is 5.58. The van der Waals surface area contributed by atoms with Gasteiger partial charge in [0.05, 0.1) is 7.11 Å². The number of nitrogen functional groups attached to an aromatic ring is 1. The van der Waals surface area contributed by atoms with Crippen molar-refractivity contribution in [3.05, 3.63) is 0 Å². The molecule has 2 rings (SSSR count). The van der Waals surface area contributed by atoms with E-state index in [4.69, 9.17) is 10.5 Å². The lowest BCUT2D eigenvalue weighted by atomic mass is 9.84. The summed E-state index contributed by atoms with van der Waals surface area (Å²) in [5.74, 6) is 2.11. The lowest BCUT2D eigenvalue weighted by Crippen LogP contribution is -2.25. The van der Waals surface area contributed by atoms with Gasteiger partial charge in [-0.25, -0.2) is 0 Å². The summed E-state index contributed by atoms with van der Waals surface area (Å²) in [5, 5.41) is 4.49. The van der Waals surface area contributed by atoms with Crippen LogP contribution < -0.4 is 15.8 Å². The summed E-state index contributed by atoms with van der Waals surface area (Å²) in [6, 6.07) is 0.548. The third-order valence-electron chi connectivity index (χ3n) is 3.64. The minimum atomic E-state index is 0.488. The van der Waals surface area contributed by atoms with E-state index in [1.165, 1.54) is 43.6 Å². The molecule has 96 valence electrons. The summed E-state index contributed by atoms with van der Waals surface area (Å²) in [4.78, 5) is 0. The van der Waals surface area contributed by atoms with E-state index in [0.29, 0.717) is 17.6 Å². The molecular formula is C12H21N3OS. The molecule has 0 unspecified atom stereocenters. The Labute approximate surface area is 107 Å². The van der Waals surface area contributed by atoms with Crippen molar-refractivity contribution in [2.45, 2.75) is 45.1 Å². The smallest absolute Gasteiger partial charge is 0.197 e. The van der Waals surface area contributed by atoms with Gasteiger partial charge in [0.2, 0.25) is 0 Å². The van der Waals surface area contributed by atoms with Crippen LogP contribution in [0.5, 0.6) is 5.75 Å². The standard InChI is InChI=1S/C12H21N3OS/c1-3-8-4-6-9(7-5-8)14-12-10(16-2)11(13)15-17-12/h8-9,14H,3-7H2,1-2H3,(H2,13,15). The minimum Gasteiger partial charge on any atom is -0.490 e. The molecule has 0 aromatic carbocycles. The van der Waals surface area contributed by atoms with E-state index < -0.39 is 0 Å². The molecule has 4 nitrogen and oxygen atoms in total. The molecule has 3 N–H and O–H groups in total. The zero-order valence-electron chi connectivity index (χ0n) is 10.5. The van der Waals surface area contributed by atoms with Gasteiger partial charge in [0.1, 0.15) is 0 Å². The first-order chi connectivity index (χ1) is 8.24. The van der Waals surface area contributed by atoms with Gasteiger partial charge in [0, 0.05) is 6.04 Å². The van der Waals surface area contributed by atoms with Crippen LogP contribution >= 0.6 is 11.5 Å². The fourth-order valence-electron chi connectivity index (χ4n) is 2.48. The predicted molar refractivity (Wildman–Crippen MR) is 72.7 cm³/mol. The summed E-state index contributed by atoms with van der Waals surface area (Å²) >= 11 is 1.39. The van der Waals surface area contributed by atoms with E-state index in [-0.39, 0.29) is 0 Å². The SMILES string of the molecule is CCC1CCC(Nc2snc(N)c2OC)CC1. The molecule has 1 aromatic rings. The number of ether oxygens (including phenoxy) is 1. The number of nitrogens with one attached hydrogen (secondary N) is 1. The molecule has 0 saturated heterocycles. The van der Waals surface area contributed by atoms with E-state index in [1.807, 2.05) is 0 Å². The second-order valence-corrected chi connectivity index (χ2v) is 5.47. The molecule has 17 heavy (non-hydrogen) atoms. The number of nitrogens with zero attached hydrogens (tertiary/aromatic N) is 1. The van der Waals surface area contributed by atoms with Crippen LogP contribution in [0, 0.1) is 5.92 Å². The second-order valence-electron chi connectivity index (χ2n) is 4.70. The van der Waals surface area contributed by atoms with Crippen LogP contribution in [0.1, 0.15) is 39.0 Å². The molecule has 0 bridgehead atoms. The van der Waals surface area contributed by atoms with E-state index in [1.54, 1.807) is 7.11 Å². The highest BCUT2D eigenvalue weighted by molar-refractivity contribution is 7.11. The summed E-state index contributed by atoms with van der Waals surface area (Å²) < 4.78 is 9.38. The Balaban J connectivity index is 1.93. The zero-order chi connectivity index (χ0) is 12.3. The quantitative estimate of drug-likeness (QED) is 0.868. The largest absolute Gasteiger partial charge is 0.490 e. The van der Waals surface area contributed by atoms with E-state index in [9.17, 15) is 0 Å². The lowest BCUT2D eigenvalue weighted by molar-refractivity contribution is 0.329. The van der Waals surface area contributed by atoms with E-state index in [0.717, 1.165) is 10.9 Å². The normalized spacial score (nSPS) is 24.6. The summed E-state index contributed by atoms with van der Waals surface area (Å²) in [6.07, 6.45) is 6.43. The van der Waals surface area contributed by atoms with Crippen molar-refractivity contribution >= 4 is 22.4 Å². The zero-order valence-corrected chi connectivity index (χ0v) is 11.3. The maximum Gasteiger partial charge on any atom is 0.197 e. The average molecular weight is 255 g/mol. The van der Waals surface area contributed by atoms with Crippen LogP contribution in [-0.2, 0) is 0 Å². The Morgan fingerprint density at radius 3 is 2.71 bits per heavy atom. The van der Waals surface area contributed by atoms with Crippen LogP contribution in [0.2, 0.25) is 0 Å². The van der Waals surface area contributed by atoms with Crippen LogP contribution in [0.3, 0.4) is 0 Å². The number of methoxy groups -OCH3 is 1. The topological polar surface area (TPSA) is 60.2 Å². The van der Waals surface area contributed by atoms with E-state index in [2.05, 4.69) is 16.6 Å². The summed E-state index contributed by atoms with van der Waals surface area (Å²) in [7, 11) is 1.64. The highest BCUT2D eigenvalue weighted by Gasteiger charge is 2.22. The van der Waals surface area contributed by atoms with Crippen molar-refractivity contribution in [1.82, 2.24) is 4.37 Å². The Kier molecular flexibility index (Phi) is 4.10. The maximum absolute atomic E-state index is 5.73. The number of rotatable bonds is 4. The number of hydrogen-bond donors (Lipinski definition) is 2. The molecule has 1 aromatic heterocycles. The van der Waals surface area contributed by atoms with Gasteiger partial charge < -0.3 is 15.8 Å². The Morgan fingerprint density at radius 2 is 2.12 bits per heavy atom. The van der Waals surface area contributed by atoms with Gasteiger partial charge in [-0.1, -0.05) is 13.3 Å². The minimum absolute atomic E-state index is 0.488. The molecule has 0 aliphatic heterocycles. The molecule has 1 saturated carbocycles. The summed E-state index contributed by atoms with van der Waals surface area (Å²) in [6.45, 7) is 2.28.